The van der Waals surface area contributed by atoms with Crippen molar-refractivity contribution < 1.29 is 18.7 Å². The Kier molecular flexibility index (Phi) is 6.89. The molecule has 2 aromatic heterocycles. The lowest BCUT2D eigenvalue weighted by Crippen LogP contribution is -2.40. The van der Waals surface area contributed by atoms with E-state index in [0.717, 1.165) is 18.4 Å². The molecule has 37 heavy (non-hydrogen) atoms. The quantitative estimate of drug-likeness (QED) is 0.376. The fraction of sp³-hybridized carbons (Fsp3) is 0.333. The number of aromatic nitrogens is 4. The summed E-state index contributed by atoms with van der Waals surface area (Å²) >= 11 is 0. The van der Waals surface area contributed by atoms with Gasteiger partial charge in [0.1, 0.15) is 17.4 Å². The van der Waals surface area contributed by atoms with Crippen molar-refractivity contribution in [1.82, 2.24) is 19.7 Å². The maximum absolute atomic E-state index is 15.3. The molecule has 0 saturated carbocycles. The number of nitrogens with zero attached hydrogens (tertiary/aromatic N) is 5. The summed E-state index contributed by atoms with van der Waals surface area (Å²) in [7, 11) is 1.48. The molecule has 1 fully saturated rings. The number of methoxy groups -OCH3 is 1. The topological polar surface area (TPSA) is 108 Å². The second-order valence-corrected chi connectivity index (χ2v) is 8.98. The van der Waals surface area contributed by atoms with Gasteiger partial charge in [0.25, 0.3) is 0 Å². The lowest BCUT2D eigenvalue weighted by atomic mass is 9.98. The lowest BCUT2D eigenvalue weighted by Gasteiger charge is -2.31. The smallest absolute Gasteiger partial charge is 0.310 e. The Hall–Kier alpha value is -4.21. The molecule has 0 radical (unpaired) electrons. The summed E-state index contributed by atoms with van der Waals surface area (Å²) in [5.74, 6) is 0.104. The molecule has 0 amide bonds. The minimum atomic E-state index is -0.497. The van der Waals surface area contributed by atoms with Gasteiger partial charge < -0.3 is 20.1 Å². The molecular weight excluding hydrogens is 475 g/mol. The Morgan fingerprint density at radius 1 is 1.19 bits per heavy atom. The number of nitrogen functional groups attached to an aromatic ring is 1. The van der Waals surface area contributed by atoms with Crippen molar-refractivity contribution in [1.29, 1.82) is 0 Å². The van der Waals surface area contributed by atoms with Crippen LogP contribution in [0, 0.1) is 11.7 Å². The molecule has 0 bridgehead atoms. The van der Waals surface area contributed by atoms with E-state index in [1.165, 1.54) is 13.2 Å². The Morgan fingerprint density at radius 2 is 2.00 bits per heavy atom. The molecule has 2 N–H and O–H groups in total. The Labute approximate surface area is 214 Å². The highest BCUT2D eigenvalue weighted by Crippen LogP contribution is 2.35. The highest BCUT2D eigenvalue weighted by Gasteiger charge is 2.30. The maximum atomic E-state index is 15.3. The fourth-order valence-electron chi connectivity index (χ4n) is 4.68. The molecular formula is C27H29FN6O3. The summed E-state index contributed by atoms with van der Waals surface area (Å²) in [5, 5.41) is 5.15. The number of nitrogens with two attached hydrogens (primary N) is 1. The summed E-state index contributed by atoms with van der Waals surface area (Å²) < 4.78 is 27.3. The number of esters is 1. The average molecular weight is 505 g/mol. The van der Waals surface area contributed by atoms with Crippen LogP contribution >= 0.6 is 0 Å². The standard InChI is InChI=1S/C27H29FN6O3/c1-3-37-26(35)18-10-7-13-33(16-18)27-30-23(20-12-11-19(36-2)14-21(20)28)22-24(29)34(32-25(22)31-27)15-17-8-5-4-6-9-17/h4-6,8-9,11-12,14,18H,3,7,10,13,15-16,29H2,1-2H3. The van der Waals surface area contributed by atoms with E-state index in [1.54, 1.807) is 23.7 Å². The molecule has 0 aliphatic carbocycles. The average Bonchev–Trinajstić information content (AvgIpc) is 3.23. The Bertz CT molecular complexity index is 1420. The lowest BCUT2D eigenvalue weighted by molar-refractivity contribution is -0.148. The second kappa shape index (κ2) is 10.4. The molecule has 5 rings (SSSR count). The summed E-state index contributed by atoms with van der Waals surface area (Å²) in [5.41, 5.74) is 8.54. The Balaban J connectivity index is 1.62. The van der Waals surface area contributed by atoms with Gasteiger partial charge in [-0.05, 0) is 37.5 Å². The van der Waals surface area contributed by atoms with Crippen LogP contribution in [0.25, 0.3) is 22.3 Å². The van der Waals surface area contributed by atoms with Crippen molar-refractivity contribution in [2.24, 2.45) is 5.92 Å². The SMILES string of the molecule is CCOC(=O)C1CCCN(c2nc(-c3ccc(OC)cc3F)c3c(N)n(Cc4ccccc4)nc3n2)C1. The van der Waals surface area contributed by atoms with Crippen LogP contribution in [0.4, 0.5) is 16.2 Å². The first kappa shape index (κ1) is 24.5. The van der Waals surface area contributed by atoms with Crippen LogP contribution in [-0.4, -0.2) is 52.5 Å². The summed E-state index contributed by atoms with van der Waals surface area (Å²) in [6, 6.07) is 14.4. The van der Waals surface area contributed by atoms with E-state index in [9.17, 15) is 4.79 Å². The third kappa shape index (κ3) is 4.91. The van der Waals surface area contributed by atoms with Gasteiger partial charge in [-0.2, -0.15) is 4.98 Å². The van der Waals surface area contributed by atoms with E-state index in [1.807, 2.05) is 35.2 Å². The molecule has 0 spiro atoms. The minimum absolute atomic E-state index is 0.230. The van der Waals surface area contributed by atoms with E-state index in [4.69, 9.17) is 25.2 Å². The zero-order valence-corrected chi connectivity index (χ0v) is 20.9. The predicted molar refractivity (Wildman–Crippen MR) is 139 cm³/mol. The molecule has 1 aliphatic rings. The van der Waals surface area contributed by atoms with Crippen molar-refractivity contribution in [3.63, 3.8) is 0 Å². The number of hydrogen-bond donors (Lipinski definition) is 1. The van der Waals surface area contributed by atoms with Crippen molar-refractivity contribution in [3.8, 4) is 17.0 Å². The number of piperidine rings is 1. The predicted octanol–water partition coefficient (Wildman–Crippen LogP) is 4.05. The highest BCUT2D eigenvalue weighted by molar-refractivity contribution is 5.99. The van der Waals surface area contributed by atoms with Crippen LogP contribution in [-0.2, 0) is 16.1 Å². The number of anilines is 2. The fourth-order valence-corrected chi connectivity index (χ4v) is 4.68. The third-order valence-corrected chi connectivity index (χ3v) is 6.56. The largest absolute Gasteiger partial charge is 0.497 e. The third-order valence-electron chi connectivity index (χ3n) is 6.56. The first-order valence-corrected chi connectivity index (χ1v) is 12.3. The highest BCUT2D eigenvalue weighted by atomic mass is 19.1. The summed E-state index contributed by atoms with van der Waals surface area (Å²) in [6.45, 7) is 3.62. The molecule has 1 unspecified atom stereocenters. The minimum Gasteiger partial charge on any atom is -0.497 e. The van der Waals surface area contributed by atoms with Gasteiger partial charge in [-0.3, -0.25) is 4.79 Å². The number of hydrogen-bond acceptors (Lipinski definition) is 8. The molecule has 10 heteroatoms. The van der Waals surface area contributed by atoms with Crippen molar-refractivity contribution in [2.45, 2.75) is 26.3 Å². The van der Waals surface area contributed by atoms with Gasteiger partial charge in [0.05, 0.1) is 37.3 Å². The second-order valence-electron chi connectivity index (χ2n) is 8.98. The van der Waals surface area contributed by atoms with Crippen LogP contribution in [0.2, 0.25) is 0 Å². The summed E-state index contributed by atoms with van der Waals surface area (Å²) in [4.78, 5) is 23.8. The first-order chi connectivity index (χ1) is 18.0. The van der Waals surface area contributed by atoms with E-state index in [2.05, 4.69) is 5.10 Å². The van der Waals surface area contributed by atoms with E-state index < -0.39 is 5.82 Å². The Morgan fingerprint density at radius 3 is 2.73 bits per heavy atom. The van der Waals surface area contributed by atoms with Gasteiger partial charge >= 0.3 is 5.97 Å². The molecule has 3 heterocycles. The number of carbonyl (C=O) groups is 1. The van der Waals surface area contributed by atoms with Crippen LogP contribution in [0.5, 0.6) is 5.75 Å². The van der Waals surface area contributed by atoms with Crippen LogP contribution < -0.4 is 15.4 Å². The molecule has 1 atom stereocenters. The van der Waals surface area contributed by atoms with Gasteiger partial charge in [-0.1, -0.05) is 30.3 Å². The first-order valence-electron chi connectivity index (χ1n) is 12.3. The zero-order chi connectivity index (χ0) is 25.9. The van der Waals surface area contributed by atoms with Gasteiger partial charge in [0.15, 0.2) is 5.65 Å². The van der Waals surface area contributed by atoms with E-state index in [-0.39, 0.29) is 17.5 Å². The number of fused-ring (bicyclic) bond motifs is 1. The molecule has 1 aliphatic heterocycles. The van der Waals surface area contributed by atoms with Crippen molar-refractivity contribution in [3.05, 3.63) is 59.9 Å². The van der Waals surface area contributed by atoms with Gasteiger partial charge in [-0.25, -0.2) is 14.1 Å². The molecule has 9 nitrogen and oxygen atoms in total. The number of carbonyl (C=O) groups excluding carboxylic acids is 1. The number of ether oxygens (including phenoxy) is 2. The van der Waals surface area contributed by atoms with Crippen molar-refractivity contribution in [2.75, 3.05) is 37.4 Å². The van der Waals surface area contributed by atoms with Crippen LogP contribution in [0.1, 0.15) is 25.3 Å². The van der Waals surface area contributed by atoms with Gasteiger partial charge in [0.2, 0.25) is 5.95 Å². The summed E-state index contributed by atoms with van der Waals surface area (Å²) in [6.07, 6.45) is 1.51. The maximum Gasteiger partial charge on any atom is 0.310 e. The number of rotatable bonds is 7. The van der Waals surface area contributed by atoms with E-state index >= 15 is 4.39 Å². The molecule has 1 saturated heterocycles. The number of halogens is 1. The monoisotopic (exact) mass is 504 g/mol. The van der Waals surface area contributed by atoms with Gasteiger partial charge in [0, 0.05) is 24.7 Å². The van der Waals surface area contributed by atoms with Crippen LogP contribution in [0.3, 0.4) is 0 Å². The molecule has 2 aromatic carbocycles. The molecule has 192 valence electrons. The van der Waals surface area contributed by atoms with Crippen molar-refractivity contribution >= 4 is 28.8 Å². The zero-order valence-electron chi connectivity index (χ0n) is 20.9. The number of benzene rings is 2. The van der Waals surface area contributed by atoms with Crippen LogP contribution in [0.15, 0.2) is 48.5 Å². The normalized spacial score (nSPS) is 15.6. The van der Waals surface area contributed by atoms with E-state index in [0.29, 0.717) is 60.5 Å². The van der Waals surface area contributed by atoms with Gasteiger partial charge in [-0.15, -0.1) is 5.10 Å². The molecule has 4 aromatic rings.